The van der Waals surface area contributed by atoms with Gasteiger partial charge in [0.2, 0.25) is 0 Å². The predicted octanol–water partition coefficient (Wildman–Crippen LogP) is 2.63. The van der Waals surface area contributed by atoms with Crippen molar-refractivity contribution in [2.24, 2.45) is 0 Å². The van der Waals surface area contributed by atoms with Gasteiger partial charge in [0.25, 0.3) is 0 Å². The Morgan fingerprint density at radius 1 is 1.56 bits per heavy atom. The predicted molar refractivity (Wildman–Crippen MR) is 46.4 cm³/mol. The summed E-state index contributed by atoms with van der Waals surface area (Å²) in [6, 6.07) is 0. The van der Waals surface area contributed by atoms with Gasteiger partial charge in [-0.2, -0.15) is 0 Å². The molecule has 1 nitrogen and oxygen atoms in total. The molecule has 2 heteroatoms. The molecule has 0 spiro atoms. The first kappa shape index (κ1) is 7.12. The first-order valence-corrected chi connectivity index (χ1v) is 3.94. The molecule has 0 atom stereocenters. The molecular weight excluding hydrogens is 227 g/mol. The van der Waals surface area contributed by atoms with Crippen molar-refractivity contribution in [3.05, 3.63) is 21.0 Å². The van der Waals surface area contributed by atoms with E-state index < -0.39 is 0 Å². The number of rotatable bonds is 0. The number of hydrogen-bond donors (Lipinski definition) is 0. The van der Waals surface area contributed by atoms with Crippen LogP contribution < -0.4 is 0 Å². The molecule has 0 aromatic rings. The molecule has 0 saturated carbocycles. The zero-order valence-corrected chi connectivity index (χ0v) is 7.73. The fourth-order valence-electron chi connectivity index (χ4n) is 0.669. The molecule has 1 heterocycles. The Kier molecular flexibility index (Phi) is 2.16. The lowest BCUT2D eigenvalue weighted by Gasteiger charge is -2.12. The van der Waals surface area contributed by atoms with Crippen LogP contribution >= 0.6 is 22.6 Å². The van der Waals surface area contributed by atoms with E-state index >= 15 is 0 Å². The van der Waals surface area contributed by atoms with Gasteiger partial charge < -0.3 is 4.74 Å². The van der Waals surface area contributed by atoms with Crippen LogP contribution in [-0.2, 0) is 4.74 Å². The Balaban J connectivity index is 2.83. The van der Waals surface area contributed by atoms with E-state index in [2.05, 4.69) is 35.6 Å². The van der Waals surface area contributed by atoms with Crippen molar-refractivity contribution in [2.75, 3.05) is 6.61 Å². The Bertz CT molecular complexity index is 179. The minimum atomic E-state index is 0.754. The summed E-state index contributed by atoms with van der Waals surface area (Å²) in [6.07, 6.45) is 2.15. The molecule has 1 aliphatic rings. The molecule has 1 aliphatic heterocycles. The van der Waals surface area contributed by atoms with Crippen LogP contribution in [0.2, 0.25) is 0 Å². The van der Waals surface area contributed by atoms with Gasteiger partial charge in [0.1, 0.15) is 6.61 Å². The van der Waals surface area contributed by atoms with Crippen LogP contribution in [-0.4, -0.2) is 6.61 Å². The molecule has 0 aromatic heterocycles. The summed E-state index contributed by atoms with van der Waals surface area (Å²) in [4.78, 5) is 0. The Morgan fingerprint density at radius 2 is 2.22 bits per heavy atom. The van der Waals surface area contributed by atoms with E-state index in [9.17, 15) is 0 Å². The Hall–Kier alpha value is 0.01000. The highest BCUT2D eigenvalue weighted by Crippen LogP contribution is 2.20. The summed E-state index contributed by atoms with van der Waals surface area (Å²) in [5.74, 6) is 1.05. The highest BCUT2D eigenvalue weighted by atomic mass is 127. The molecule has 50 valence electrons. The second-order valence-electron chi connectivity index (χ2n) is 2.12. The number of ether oxygens (including phenoxy) is 1. The molecule has 9 heavy (non-hydrogen) atoms. The minimum absolute atomic E-state index is 0.754. The van der Waals surface area contributed by atoms with Crippen LogP contribution in [0.15, 0.2) is 21.0 Å². The second kappa shape index (κ2) is 2.73. The van der Waals surface area contributed by atoms with Crippen molar-refractivity contribution >= 4 is 22.6 Å². The van der Waals surface area contributed by atoms with Gasteiger partial charge in [0, 0.05) is 3.58 Å². The van der Waals surface area contributed by atoms with Gasteiger partial charge in [0.15, 0.2) is 0 Å². The van der Waals surface area contributed by atoms with Crippen LogP contribution in [0.1, 0.15) is 13.8 Å². The quantitative estimate of drug-likeness (QED) is 0.587. The molecule has 0 N–H and O–H groups in total. The van der Waals surface area contributed by atoms with E-state index in [1.54, 1.807) is 0 Å². The van der Waals surface area contributed by atoms with Crippen LogP contribution in [0, 0.1) is 0 Å². The van der Waals surface area contributed by atoms with Crippen LogP contribution in [0.25, 0.3) is 0 Å². The highest BCUT2D eigenvalue weighted by Gasteiger charge is 2.03. The van der Waals surface area contributed by atoms with E-state index in [1.807, 2.05) is 6.92 Å². The van der Waals surface area contributed by atoms with Gasteiger partial charge in [-0.05, 0) is 48.1 Å². The molecule has 0 unspecified atom stereocenters. The third-order valence-corrected chi connectivity index (χ3v) is 1.98. The topological polar surface area (TPSA) is 9.23 Å². The second-order valence-corrected chi connectivity index (χ2v) is 3.50. The first-order chi connectivity index (χ1) is 4.20. The maximum absolute atomic E-state index is 5.31. The van der Waals surface area contributed by atoms with Gasteiger partial charge in [-0.25, -0.2) is 0 Å². The smallest absolute Gasteiger partial charge is 0.118 e. The molecule has 0 bridgehead atoms. The molecule has 0 saturated heterocycles. The van der Waals surface area contributed by atoms with Gasteiger partial charge in [-0.15, -0.1) is 0 Å². The van der Waals surface area contributed by atoms with E-state index in [0.717, 1.165) is 12.4 Å². The standard InChI is InChI=1S/C7H9IO/c1-5-3-7(8)4-9-6(5)2/h3H,4H2,1-2H3. The number of hydrogen-bond acceptors (Lipinski definition) is 1. The number of halogens is 1. The van der Waals surface area contributed by atoms with Gasteiger partial charge in [-0.1, -0.05) is 0 Å². The van der Waals surface area contributed by atoms with E-state index in [-0.39, 0.29) is 0 Å². The highest BCUT2D eigenvalue weighted by molar-refractivity contribution is 14.1. The summed E-state index contributed by atoms with van der Waals surface area (Å²) in [5, 5.41) is 0. The zero-order chi connectivity index (χ0) is 6.85. The van der Waals surface area contributed by atoms with Crippen molar-refractivity contribution < 1.29 is 4.74 Å². The van der Waals surface area contributed by atoms with Crippen molar-refractivity contribution in [3.63, 3.8) is 0 Å². The molecular formula is C7H9IO. The summed E-state index contributed by atoms with van der Waals surface area (Å²) >= 11 is 2.28. The molecule has 0 amide bonds. The van der Waals surface area contributed by atoms with Gasteiger partial charge in [0.05, 0.1) is 5.76 Å². The van der Waals surface area contributed by atoms with Gasteiger partial charge in [-0.3, -0.25) is 0 Å². The van der Waals surface area contributed by atoms with E-state index in [0.29, 0.717) is 0 Å². The fourth-order valence-corrected chi connectivity index (χ4v) is 1.29. The maximum Gasteiger partial charge on any atom is 0.118 e. The lowest BCUT2D eigenvalue weighted by molar-refractivity contribution is 0.241. The maximum atomic E-state index is 5.31. The molecule has 0 aromatic carbocycles. The summed E-state index contributed by atoms with van der Waals surface area (Å²) in [5.41, 5.74) is 1.24. The summed E-state index contributed by atoms with van der Waals surface area (Å²) < 4.78 is 6.58. The van der Waals surface area contributed by atoms with Crippen molar-refractivity contribution in [3.8, 4) is 0 Å². The average Bonchev–Trinajstić information content (AvgIpc) is 1.80. The lowest BCUT2D eigenvalue weighted by Crippen LogP contribution is -1.99. The minimum Gasteiger partial charge on any atom is -0.493 e. The Morgan fingerprint density at radius 3 is 2.67 bits per heavy atom. The third-order valence-electron chi connectivity index (χ3n) is 1.36. The fraction of sp³-hybridized carbons (Fsp3) is 0.429. The van der Waals surface area contributed by atoms with Crippen molar-refractivity contribution in [1.29, 1.82) is 0 Å². The van der Waals surface area contributed by atoms with Crippen LogP contribution in [0.3, 0.4) is 0 Å². The van der Waals surface area contributed by atoms with E-state index in [1.165, 1.54) is 9.15 Å². The molecule has 0 fully saturated rings. The molecule has 0 radical (unpaired) electrons. The third kappa shape index (κ3) is 1.71. The first-order valence-electron chi connectivity index (χ1n) is 2.86. The SMILES string of the molecule is CC1=C(C)OCC(I)=C1. The average molecular weight is 236 g/mol. The normalized spacial score (nSPS) is 19.2. The molecule has 1 rings (SSSR count). The summed E-state index contributed by atoms with van der Waals surface area (Å²) in [7, 11) is 0. The number of allylic oxidation sites excluding steroid dienone is 3. The van der Waals surface area contributed by atoms with Crippen LogP contribution in [0.4, 0.5) is 0 Å². The zero-order valence-electron chi connectivity index (χ0n) is 5.57. The molecule has 0 aliphatic carbocycles. The largest absolute Gasteiger partial charge is 0.493 e. The monoisotopic (exact) mass is 236 g/mol. The van der Waals surface area contributed by atoms with E-state index in [4.69, 9.17) is 4.74 Å². The lowest BCUT2D eigenvalue weighted by atomic mass is 10.2. The summed E-state index contributed by atoms with van der Waals surface area (Å²) in [6.45, 7) is 4.81. The van der Waals surface area contributed by atoms with Crippen molar-refractivity contribution in [2.45, 2.75) is 13.8 Å². The van der Waals surface area contributed by atoms with Crippen LogP contribution in [0.5, 0.6) is 0 Å². The Labute approximate surface area is 68.9 Å². The van der Waals surface area contributed by atoms with Crippen molar-refractivity contribution in [1.82, 2.24) is 0 Å². The van der Waals surface area contributed by atoms with Gasteiger partial charge >= 0.3 is 0 Å².